The lowest BCUT2D eigenvalue weighted by Crippen LogP contribution is -2.48. The molecule has 0 N–H and O–H groups in total. The molecule has 3 aromatic carbocycles. The molecule has 4 rings (SSSR count). The van der Waals surface area contributed by atoms with Gasteiger partial charge >= 0.3 is 0 Å². The van der Waals surface area contributed by atoms with E-state index in [-0.39, 0.29) is 5.54 Å². The topological polar surface area (TPSA) is 34.1 Å². The van der Waals surface area contributed by atoms with Crippen LogP contribution in [0.1, 0.15) is 51.2 Å². The zero-order chi connectivity index (χ0) is 22.7. The third-order valence-electron chi connectivity index (χ3n) is 6.22. The fraction of sp³-hybridized carbons (Fsp3) is 0.321. The molecule has 1 aliphatic heterocycles. The van der Waals surface area contributed by atoms with Crippen LogP contribution >= 0.6 is 0 Å². The summed E-state index contributed by atoms with van der Waals surface area (Å²) in [4.78, 5) is 7.20. The van der Waals surface area contributed by atoms with Gasteiger partial charge in [-0.15, -0.1) is 0 Å². The molecule has 0 unspecified atom stereocenters. The van der Waals surface area contributed by atoms with Crippen LogP contribution in [-0.2, 0) is 0 Å². The standard InChI is InChI=1S/C28H32N2O2/c1-6-30-25-16-11-21(17-24(25)20(2)18-28(30,3)4)19-29-22-12-14-23(15-13-22)32-27-10-8-7-9-26(27)31-5/h7-17,19-20H,6,18H2,1-5H3/t20-/m1/s1. The Labute approximate surface area is 191 Å². The molecule has 0 spiro atoms. The van der Waals surface area contributed by atoms with Crippen molar-refractivity contribution < 1.29 is 9.47 Å². The van der Waals surface area contributed by atoms with E-state index in [4.69, 9.17) is 9.47 Å². The number of para-hydroxylation sites is 2. The van der Waals surface area contributed by atoms with Crippen LogP contribution in [-0.4, -0.2) is 25.4 Å². The van der Waals surface area contributed by atoms with Crippen molar-refractivity contribution in [3.05, 3.63) is 77.9 Å². The van der Waals surface area contributed by atoms with E-state index in [2.05, 4.69) is 55.8 Å². The number of fused-ring (bicyclic) bond motifs is 1. The molecule has 0 aliphatic carbocycles. The van der Waals surface area contributed by atoms with Crippen molar-refractivity contribution in [2.75, 3.05) is 18.6 Å². The highest BCUT2D eigenvalue weighted by atomic mass is 16.5. The average molecular weight is 429 g/mol. The maximum atomic E-state index is 5.95. The summed E-state index contributed by atoms with van der Waals surface area (Å²) in [6, 6.07) is 22.1. The van der Waals surface area contributed by atoms with E-state index in [0.29, 0.717) is 17.4 Å². The number of hydrogen-bond donors (Lipinski definition) is 0. The van der Waals surface area contributed by atoms with Gasteiger partial charge in [-0.3, -0.25) is 4.99 Å². The van der Waals surface area contributed by atoms with Gasteiger partial charge < -0.3 is 14.4 Å². The Balaban J connectivity index is 1.50. The first-order valence-corrected chi connectivity index (χ1v) is 11.3. The van der Waals surface area contributed by atoms with Crippen molar-refractivity contribution in [3.63, 3.8) is 0 Å². The summed E-state index contributed by atoms with van der Waals surface area (Å²) in [6.45, 7) is 10.3. The molecule has 4 nitrogen and oxygen atoms in total. The maximum absolute atomic E-state index is 5.95. The summed E-state index contributed by atoms with van der Waals surface area (Å²) in [5, 5.41) is 0. The Morgan fingerprint density at radius 1 is 1.03 bits per heavy atom. The van der Waals surface area contributed by atoms with Crippen LogP contribution < -0.4 is 14.4 Å². The van der Waals surface area contributed by atoms with Crippen LogP contribution in [0.3, 0.4) is 0 Å². The Morgan fingerprint density at radius 2 is 1.75 bits per heavy atom. The lowest BCUT2D eigenvalue weighted by Gasteiger charge is -2.47. The van der Waals surface area contributed by atoms with Crippen LogP contribution in [0.2, 0.25) is 0 Å². The minimum absolute atomic E-state index is 0.185. The number of hydrogen-bond acceptors (Lipinski definition) is 4. The van der Waals surface area contributed by atoms with E-state index in [0.717, 1.165) is 30.0 Å². The lowest BCUT2D eigenvalue weighted by atomic mass is 9.79. The van der Waals surface area contributed by atoms with Gasteiger partial charge in [0.2, 0.25) is 0 Å². The van der Waals surface area contributed by atoms with Gasteiger partial charge in [0.15, 0.2) is 11.5 Å². The third kappa shape index (κ3) is 4.50. The van der Waals surface area contributed by atoms with Gasteiger partial charge in [0.1, 0.15) is 5.75 Å². The van der Waals surface area contributed by atoms with Crippen LogP contribution in [0.15, 0.2) is 71.7 Å². The molecular formula is C28H32N2O2. The second kappa shape index (κ2) is 9.07. The molecule has 166 valence electrons. The SMILES string of the molecule is CCN1c2ccc(C=Nc3ccc(Oc4ccccc4OC)cc3)cc2[C@H](C)CC1(C)C. The Hall–Kier alpha value is -3.27. The second-order valence-electron chi connectivity index (χ2n) is 8.99. The first-order chi connectivity index (χ1) is 15.4. The number of ether oxygens (including phenoxy) is 2. The zero-order valence-electron chi connectivity index (χ0n) is 19.6. The zero-order valence-corrected chi connectivity index (χ0v) is 19.6. The van der Waals surface area contributed by atoms with Crippen molar-refractivity contribution in [2.45, 2.75) is 45.6 Å². The first kappa shape index (κ1) is 21.9. The van der Waals surface area contributed by atoms with Crippen LogP contribution in [0.5, 0.6) is 17.2 Å². The number of nitrogens with zero attached hydrogens (tertiary/aromatic N) is 2. The summed E-state index contributed by atoms with van der Waals surface area (Å²) in [5.41, 5.74) is 4.96. The van der Waals surface area contributed by atoms with E-state index < -0.39 is 0 Å². The number of aliphatic imine (C=N–C) groups is 1. The summed E-state index contributed by atoms with van der Waals surface area (Å²) in [5.74, 6) is 2.68. The predicted molar refractivity (Wildman–Crippen MR) is 133 cm³/mol. The van der Waals surface area contributed by atoms with Gasteiger partial charge in [-0.1, -0.05) is 25.1 Å². The Kier molecular flexibility index (Phi) is 6.22. The summed E-state index contributed by atoms with van der Waals surface area (Å²) in [7, 11) is 1.64. The van der Waals surface area contributed by atoms with Crippen molar-refractivity contribution >= 4 is 17.6 Å². The van der Waals surface area contributed by atoms with Crippen LogP contribution in [0.25, 0.3) is 0 Å². The van der Waals surface area contributed by atoms with Crippen LogP contribution in [0.4, 0.5) is 11.4 Å². The maximum Gasteiger partial charge on any atom is 0.169 e. The molecule has 1 aliphatic rings. The molecule has 0 bridgehead atoms. The van der Waals surface area contributed by atoms with E-state index in [9.17, 15) is 0 Å². The molecule has 0 saturated heterocycles. The lowest BCUT2D eigenvalue weighted by molar-refractivity contribution is 0.379. The number of benzene rings is 3. The fourth-order valence-corrected chi connectivity index (χ4v) is 4.77. The summed E-state index contributed by atoms with van der Waals surface area (Å²) < 4.78 is 11.3. The Morgan fingerprint density at radius 3 is 2.44 bits per heavy atom. The molecule has 0 fully saturated rings. The van der Waals surface area contributed by atoms with E-state index in [1.807, 2.05) is 54.7 Å². The molecule has 0 amide bonds. The smallest absolute Gasteiger partial charge is 0.169 e. The largest absolute Gasteiger partial charge is 0.493 e. The normalized spacial score (nSPS) is 17.3. The molecule has 0 radical (unpaired) electrons. The van der Waals surface area contributed by atoms with Crippen molar-refractivity contribution in [1.29, 1.82) is 0 Å². The molecule has 1 atom stereocenters. The van der Waals surface area contributed by atoms with Gasteiger partial charge in [-0.2, -0.15) is 0 Å². The van der Waals surface area contributed by atoms with E-state index in [1.54, 1.807) is 7.11 Å². The summed E-state index contributed by atoms with van der Waals surface area (Å²) in [6.07, 6.45) is 3.10. The monoisotopic (exact) mass is 428 g/mol. The molecule has 0 aromatic heterocycles. The second-order valence-corrected chi connectivity index (χ2v) is 8.99. The average Bonchev–Trinajstić information content (AvgIpc) is 2.79. The highest BCUT2D eigenvalue weighted by Gasteiger charge is 2.35. The van der Waals surface area contributed by atoms with Gasteiger partial charge in [-0.25, -0.2) is 0 Å². The molecule has 0 saturated carbocycles. The fourth-order valence-electron chi connectivity index (χ4n) is 4.77. The van der Waals surface area contributed by atoms with E-state index >= 15 is 0 Å². The van der Waals surface area contributed by atoms with Crippen molar-refractivity contribution in [3.8, 4) is 17.2 Å². The minimum Gasteiger partial charge on any atom is -0.493 e. The molecule has 4 heteroatoms. The molecular weight excluding hydrogens is 396 g/mol. The van der Waals surface area contributed by atoms with Gasteiger partial charge in [0.05, 0.1) is 12.8 Å². The van der Waals surface area contributed by atoms with Crippen molar-refractivity contribution in [2.24, 2.45) is 4.99 Å². The van der Waals surface area contributed by atoms with Crippen LogP contribution in [0, 0.1) is 0 Å². The molecule has 1 heterocycles. The number of methoxy groups -OCH3 is 1. The predicted octanol–water partition coefficient (Wildman–Crippen LogP) is 7.35. The van der Waals surface area contributed by atoms with Crippen molar-refractivity contribution in [1.82, 2.24) is 0 Å². The van der Waals surface area contributed by atoms with Gasteiger partial charge in [0.25, 0.3) is 0 Å². The van der Waals surface area contributed by atoms with Gasteiger partial charge in [0, 0.05) is 24.0 Å². The summed E-state index contributed by atoms with van der Waals surface area (Å²) >= 11 is 0. The van der Waals surface area contributed by atoms with E-state index in [1.165, 1.54) is 11.3 Å². The third-order valence-corrected chi connectivity index (χ3v) is 6.22. The number of anilines is 1. The highest BCUT2D eigenvalue weighted by Crippen LogP contribution is 2.43. The molecule has 32 heavy (non-hydrogen) atoms. The highest BCUT2D eigenvalue weighted by molar-refractivity contribution is 5.83. The quantitative estimate of drug-likeness (QED) is 0.385. The first-order valence-electron chi connectivity index (χ1n) is 11.3. The van der Waals surface area contributed by atoms with Gasteiger partial charge in [-0.05, 0) is 92.8 Å². The number of rotatable bonds is 6. The minimum atomic E-state index is 0.185. The Bertz CT molecular complexity index is 1100. The molecule has 3 aromatic rings.